The average Bonchev–Trinajstić information content (AvgIpc) is 2.56. The molecule has 0 heterocycles. The molecule has 5 nitrogen and oxygen atoms in total. The predicted octanol–water partition coefficient (Wildman–Crippen LogP) is 7.81. The SMILES string of the molecule is CC(C)=CCC/C(C)=C/CC/C(C)=C/CNC(=O)CCP(=O)(O[Si](C)(C)C)O[Si](C)(C)C. The molecule has 0 fully saturated rings. The summed E-state index contributed by atoms with van der Waals surface area (Å²) < 4.78 is 25.0. The van der Waals surface area contributed by atoms with E-state index in [1.807, 2.05) is 39.3 Å². The highest BCUT2D eigenvalue weighted by Crippen LogP contribution is 2.53. The molecule has 0 spiro atoms. The van der Waals surface area contributed by atoms with Gasteiger partial charge in [0, 0.05) is 13.0 Å². The summed E-state index contributed by atoms with van der Waals surface area (Å²) in [5.41, 5.74) is 4.05. The van der Waals surface area contributed by atoms with Crippen LogP contribution in [0, 0.1) is 0 Å². The molecule has 0 aliphatic heterocycles. The zero-order valence-corrected chi connectivity index (χ0v) is 25.2. The average molecular weight is 502 g/mol. The Hall–Kier alpha value is -0.726. The van der Waals surface area contributed by atoms with Crippen molar-refractivity contribution in [3.8, 4) is 0 Å². The Morgan fingerprint density at radius 3 is 1.72 bits per heavy atom. The molecule has 0 aliphatic rings. The van der Waals surface area contributed by atoms with E-state index >= 15 is 0 Å². The molecule has 1 N–H and O–H groups in total. The van der Waals surface area contributed by atoms with Crippen LogP contribution in [-0.4, -0.2) is 35.2 Å². The van der Waals surface area contributed by atoms with E-state index in [0.717, 1.165) is 25.7 Å². The van der Waals surface area contributed by atoms with E-state index in [1.165, 1.54) is 16.7 Å². The summed E-state index contributed by atoms with van der Waals surface area (Å²) in [4.78, 5) is 12.3. The van der Waals surface area contributed by atoms with Crippen LogP contribution < -0.4 is 5.32 Å². The summed E-state index contributed by atoms with van der Waals surface area (Å²) in [7, 11) is -7.38. The van der Waals surface area contributed by atoms with Gasteiger partial charge in [0.1, 0.15) is 0 Å². The number of carbonyl (C=O) groups is 1. The Balaban J connectivity index is 4.49. The number of nitrogens with one attached hydrogen (secondary N) is 1. The van der Waals surface area contributed by atoms with Crippen LogP contribution in [0.25, 0.3) is 0 Å². The van der Waals surface area contributed by atoms with Gasteiger partial charge in [0.15, 0.2) is 16.6 Å². The van der Waals surface area contributed by atoms with Gasteiger partial charge in [-0.25, -0.2) is 0 Å². The molecule has 0 unspecified atom stereocenters. The van der Waals surface area contributed by atoms with Crippen molar-refractivity contribution in [3.63, 3.8) is 0 Å². The molecule has 186 valence electrons. The van der Waals surface area contributed by atoms with Crippen molar-refractivity contribution >= 4 is 30.1 Å². The second-order valence-corrected chi connectivity index (χ2v) is 22.3. The van der Waals surface area contributed by atoms with Gasteiger partial charge in [0.05, 0.1) is 6.16 Å². The van der Waals surface area contributed by atoms with Crippen molar-refractivity contribution in [2.24, 2.45) is 0 Å². The molecule has 0 aliphatic carbocycles. The highest BCUT2D eigenvalue weighted by atomic mass is 31.2. The topological polar surface area (TPSA) is 64.6 Å². The fourth-order valence-corrected chi connectivity index (χ4v) is 11.3. The third kappa shape index (κ3) is 18.8. The van der Waals surface area contributed by atoms with E-state index in [2.05, 4.69) is 51.2 Å². The molecule has 0 rings (SSSR count). The third-order valence-electron chi connectivity index (χ3n) is 4.31. The van der Waals surface area contributed by atoms with Crippen LogP contribution in [0.1, 0.15) is 59.8 Å². The van der Waals surface area contributed by atoms with E-state index in [4.69, 9.17) is 8.43 Å². The predicted molar refractivity (Wildman–Crippen MR) is 144 cm³/mol. The maximum atomic E-state index is 13.2. The van der Waals surface area contributed by atoms with Gasteiger partial charge in [-0.15, -0.1) is 0 Å². The maximum absolute atomic E-state index is 13.2. The lowest BCUT2D eigenvalue weighted by Crippen LogP contribution is -2.32. The lowest BCUT2D eigenvalue weighted by atomic mass is 10.1. The maximum Gasteiger partial charge on any atom is 0.311 e. The van der Waals surface area contributed by atoms with Crippen LogP contribution in [-0.2, 0) is 17.8 Å². The first-order valence-electron chi connectivity index (χ1n) is 11.7. The molecule has 8 heteroatoms. The van der Waals surface area contributed by atoms with Crippen LogP contribution in [0.15, 0.2) is 34.9 Å². The largest absolute Gasteiger partial charge is 0.353 e. The summed E-state index contributed by atoms with van der Waals surface area (Å²) in [6.07, 6.45) is 11.1. The minimum Gasteiger partial charge on any atom is -0.353 e. The van der Waals surface area contributed by atoms with Crippen molar-refractivity contribution in [2.45, 2.75) is 99.1 Å². The summed E-state index contributed by atoms with van der Waals surface area (Å²) in [6, 6.07) is 0. The quantitative estimate of drug-likeness (QED) is 0.141. The van der Waals surface area contributed by atoms with Crippen molar-refractivity contribution < 1.29 is 17.8 Å². The molecule has 0 aromatic carbocycles. The van der Waals surface area contributed by atoms with Gasteiger partial charge in [-0.05, 0) is 92.7 Å². The fraction of sp³-hybridized carbons (Fsp3) is 0.708. The van der Waals surface area contributed by atoms with E-state index in [1.54, 1.807) is 0 Å². The number of hydrogen-bond acceptors (Lipinski definition) is 4. The Morgan fingerprint density at radius 1 is 0.781 bits per heavy atom. The Kier molecular flexibility index (Phi) is 14.2. The molecule has 0 aromatic heterocycles. The molecule has 0 bridgehead atoms. The molecule has 0 atom stereocenters. The summed E-state index contributed by atoms with van der Waals surface area (Å²) >= 11 is 0. The standard InChI is InChI=1S/C24H48NO4PSi2/c1-21(2)13-11-14-22(3)15-12-16-23(4)17-19-25-24(26)18-20-30(27,28-31(5,6)7)29-32(8,9)10/h13,15,17H,11-12,14,16,18-20H2,1-10H3,(H,25,26)/b22-15+,23-17+. The van der Waals surface area contributed by atoms with Crippen molar-refractivity contribution in [2.75, 3.05) is 12.7 Å². The first kappa shape index (κ1) is 31.3. The Morgan fingerprint density at radius 2 is 1.25 bits per heavy atom. The highest BCUT2D eigenvalue weighted by molar-refractivity contribution is 7.57. The number of allylic oxidation sites excluding steroid dienone is 5. The molecule has 0 saturated carbocycles. The van der Waals surface area contributed by atoms with Gasteiger partial charge in [-0.3, -0.25) is 9.36 Å². The van der Waals surface area contributed by atoms with Crippen molar-refractivity contribution in [1.82, 2.24) is 5.32 Å². The monoisotopic (exact) mass is 501 g/mol. The molecule has 0 radical (unpaired) electrons. The van der Waals surface area contributed by atoms with Gasteiger partial charge < -0.3 is 13.7 Å². The van der Waals surface area contributed by atoms with Crippen LogP contribution in [0.4, 0.5) is 0 Å². The zero-order valence-electron chi connectivity index (χ0n) is 22.3. The molecule has 0 aromatic rings. The second-order valence-electron chi connectivity index (χ2n) is 10.8. The van der Waals surface area contributed by atoms with Crippen LogP contribution in [0.2, 0.25) is 39.3 Å². The highest BCUT2D eigenvalue weighted by Gasteiger charge is 2.36. The third-order valence-corrected chi connectivity index (χ3v) is 11.7. The normalized spacial score (nSPS) is 13.8. The van der Waals surface area contributed by atoms with E-state index in [9.17, 15) is 9.36 Å². The van der Waals surface area contributed by atoms with Gasteiger partial charge >= 0.3 is 7.60 Å². The Bertz CT molecular complexity index is 707. The minimum absolute atomic E-state index is 0.123. The Labute approximate surface area is 199 Å². The van der Waals surface area contributed by atoms with Gasteiger partial charge in [0.25, 0.3) is 0 Å². The first-order chi connectivity index (χ1) is 14.5. The van der Waals surface area contributed by atoms with Gasteiger partial charge in [-0.1, -0.05) is 34.9 Å². The second kappa shape index (κ2) is 14.5. The fourth-order valence-electron chi connectivity index (χ4n) is 2.95. The minimum atomic E-state index is -3.27. The van der Waals surface area contributed by atoms with Crippen LogP contribution >= 0.6 is 7.60 Å². The molecular weight excluding hydrogens is 453 g/mol. The van der Waals surface area contributed by atoms with Crippen molar-refractivity contribution in [1.29, 1.82) is 0 Å². The van der Waals surface area contributed by atoms with E-state index in [0.29, 0.717) is 6.54 Å². The van der Waals surface area contributed by atoms with Gasteiger partial charge in [0.2, 0.25) is 5.91 Å². The van der Waals surface area contributed by atoms with E-state index < -0.39 is 24.2 Å². The van der Waals surface area contributed by atoms with E-state index in [-0.39, 0.29) is 18.5 Å². The lowest BCUT2D eigenvalue weighted by molar-refractivity contribution is -0.120. The number of amides is 1. The van der Waals surface area contributed by atoms with Crippen LogP contribution in [0.3, 0.4) is 0 Å². The number of rotatable bonds is 15. The smallest absolute Gasteiger partial charge is 0.311 e. The van der Waals surface area contributed by atoms with Crippen LogP contribution in [0.5, 0.6) is 0 Å². The molecular formula is C24H48NO4PSi2. The van der Waals surface area contributed by atoms with Crippen molar-refractivity contribution in [3.05, 3.63) is 34.9 Å². The lowest BCUT2D eigenvalue weighted by Gasteiger charge is -2.30. The zero-order chi connectivity index (χ0) is 25.0. The molecule has 1 amide bonds. The van der Waals surface area contributed by atoms with Gasteiger partial charge in [-0.2, -0.15) is 0 Å². The number of hydrogen-bond donors (Lipinski definition) is 1. The number of carbonyl (C=O) groups excluding carboxylic acids is 1. The molecule has 32 heavy (non-hydrogen) atoms. The molecule has 0 saturated heterocycles. The summed E-state index contributed by atoms with van der Waals surface area (Å²) in [5, 5.41) is 2.90. The summed E-state index contributed by atoms with van der Waals surface area (Å²) in [6.45, 7) is 21.0. The summed E-state index contributed by atoms with van der Waals surface area (Å²) in [5.74, 6) is -0.123. The first-order valence-corrected chi connectivity index (χ1v) is 20.3.